The van der Waals surface area contributed by atoms with Gasteiger partial charge in [-0.2, -0.15) is 0 Å². The first-order valence-electron chi connectivity index (χ1n) is 8.24. The predicted molar refractivity (Wildman–Crippen MR) is 93.6 cm³/mol. The third-order valence-electron chi connectivity index (χ3n) is 4.69. The second-order valence-corrected chi connectivity index (χ2v) is 6.16. The largest absolute Gasteiger partial charge is 0.497 e. The van der Waals surface area contributed by atoms with Gasteiger partial charge in [0.15, 0.2) is 0 Å². The third-order valence-corrected chi connectivity index (χ3v) is 4.69. The molecule has 1 amide bonds. The number of ether oxygens (including phenoxy) is 2. The standard InChI is InChI=1S/C20H23NO3/c1-23-17-7-3-15(4-8-17)11-14-21-19(22)20(12-13-20)16-5-9-18(24-2)10-6-16/h3-10H,11-14H2,1-2H3,(H,21,22). The van der Waals surface area contributed by atoms with E-state index in [2.05, 4.69) is 5.32 Å². The lowest BCUT2D eigenvalue weighted by Crippen LogP contribution is -2.35. The number of carbonyl (C=O) groups is 1. The lowest BCUT2D eigenvalue weighted by molar-refractivity contribution is -0.123. The van der Waals surface area contributed by atoms with E-state index in [1.165, 1.54) is 5.56 Å². The lowest BCUT2D eigenvalue weighted by Gasteiger charge is -2.16. The Kier molecular flexibility index (Phi) is 4.74. The van der Waals surface area contributed by atoms with Crippen molar-refractivity contribution in [3.63, 3.8) is 0 Å². The van der Waals surface area contributed by atoms with Crippen molar-refractivity contribution in [1.29, 1.82) is 0 Å². The molecule has 1 aliphatic rings. The minimum atomic E-state index is -0.341. The number of rotatable bonds is 7. The SMILES string of the molecule is COc1ccc(CCNC(=O)C2(c3ccc(OC)cc3)CC2)cc1. The molecule has 0 saturated heterocycles. The number of carbonyl (C=O) groups excluding carboxylic acids is 1. The summed E-state index contributed by atoms with van der Waals surface area (Å²) in [6.45, 7) is 0.642. The summed E-state index contributed by atoms with van der Waals surface area (Å²) in [6, 6.07) is 15.8. The Morgan fingerprint density at radius 2 is 1.50 bits per heavy atom. The van der Waals surface area contributed by atoms with Gasteiger partial charge >= 0.3 is 0 Å². The Morgan fingerprint density at radius 1 is 0.958 bits per heavy atom. The van der Waals surface area contributed by atoms with Crippen LogP contribution in [0.5, 0.6) is 11.5 Å². The van der Waals surface area contributed by atoms with Gasteiger partial charge in [-0.3, -0.25) is 4.79 Å². The number of amides is 1. The monoisotopic (exact) mass is 325 g/mol. The molecule has 2 aromatic carbocycles. The van der Waals surface area contributed by atoms with Crippen LogP contribution in [0.25, 0.3) is 0 Å². The smallest absolute Gasteiger partial charge is 0.230 e. The van der Waals surface area contributed by atoms with Crippen LogP contribution in [0.3, 0.4) is 0 Å². The normalized spacial score (nSPS) is 14.8. The molecule has 0 atom stereocenters. The number of hydrogen-bond donors (Lipinski definition) is 1. The first-order chi connectivity index (χ1) is 11.7. The zero-order valence-electron chi connectivity index (χ0n) is 14.2. The zero-order valence-corrected chi connectivity index (χ0v) is 14.2. The molecule has 0 unspecified atom stereocenters. The average Bonchev–Trinajstić information content (AvgIpc) is 3.44. The highest BCUT2D eigenvalue weighted by Crippen LogP contribution is 2.48. The minimum Gasteiger partial charge on any atom is -0.497 e. The van der Waals surface area contributed by atoms with Crippen LogP contribution in [0.4, 0.5) is 0 Å². The van der Waals surface area contributed by atoms with Crippen LogP contribution in [0, 0.1) is 0 Å². The molecule has 0 bridgehead atoms. The summed E-state index contributed by atoms with van der Waals surface area (Å²) in [5, 5.41) is 3.09. The van der Waals surface area contributed by atoms with Crippen molar-refractivity contribution in [1.82, 2.24) is 5.32 Å². The molecule has 0 heterocycles. The van der Waals surface area contributed by atoms with Crippen molar-refractivity contribution in [2.75, 3.05) is 20.8 Å². The third kappa shape index (κ3) is 3.37. The Hall–Kier alpha value is -2.49. The summed E-state index contributed by atoms with van der Waals surface area (Å²) in [6.07, 6.45) is 2.63. The second-order valence-electron chi connectivity index (χ2n) is 6.16. The fraction of sp³-hybridized carbons (Fsp3) is 0.350. The molecule has 4 heteroatoms. The van der Waals surface area contributed by atoms with Gasteiger partial charge in [0.25, 0.3) is 0 Å². The molecule has 4 nitrogen and oxygen atoms in total. The highest BCUT2D eigenvalue weighted by Gasteiger charge is 2.50. The fourth-order valence-corrected chi connectivity index (χ4v) is 2.96. The van der Waals surface area contributed by atoms with Crippen molar-refractivity contribution in [3.8, 4) is 11.5 Å². The summed E-state index contributed by atoms with van der Waals surface area (Å²) < 4.78 is 10.3. The topological polar surface area (TPSA) is 47.6 Å². The minimum absolute atomic E-state index is 0.126. The van der Waals surface area contributed by atoms with E-state index in [1.807, 2.05) is 48.5 Å². The van der Waals surface area contributed by atoms with Crippen LogP contribution >= 0.6 is 0 Å². The van der Waals surface area contributed by atoms with E-state index < -0.39 is 0 Å². The van der Waals surface area contributed by atoms with Gasteiger partial charge in [-0.05, 0) is 54.7 Å². The second kappa shape index (κ2) is 6.95. The zero-order chi connectivity index (χ0) is 17.0. The molecular formula is C20H23NO3. The number of methoxy groups -OCH3 is 2. The van der Waals surface area contributed by atoms with Crippen LogP contribution in [-0.2, 0) is 16.6 Å². The molecule has 2 aromatic rings. The molecule has 1 fully saturated rings. The highest BCUT2D eigenvalue weighted by atomic mass is 16.5. The van der Waals surface area contributed by atoms with E-state index in [4.69, 9.17) is 9.47 Å². The number of nitrogens with one attached hydrogen (secondary N) is 1. The average molecular weight is 325 g/mol. The molecule has 1 N–H and O–H groups in total. The van der Waals surface area contributed by atoms with Crippen LogP contribution in [0.15, 0.2) is 48.5 Å². The molecule has 24 heavy (non-hydrogen) atoms. The van der Waals surface area contributed by atoms with E-state index >= 15 is 0 Å². The number of benzene rings is 2. The molecule has 0 radical (unpaired) electrons. The molecule has 0 aliphatic heterocycles. The van der Waals surface area contributed by atoms with Crippen molar-refractivity contribution in [2.45, 2.75) is 24.7 Å². The van der Waals surface area contributed by atoms with E-state index in [1.54, 1.807) is 14.2 Å². The van der Waals surface area contributed by atoms with Gasteiger partial charge in [0.1, 0.15) is 11.5 Å². The molecule has 3 rings (SSSR count). The Morgan fingerprint density at radius 3 is 2.00 bits per heavy atom. The van der Waals surface area contributed by atoms with Crippen LogP contribution < -0.4 is 14.8 Å². The molecule has 0 spiro atoms. The number of hydrogen-bond acceptors (Lipinski definition) is 3. The van der Waals surface area contributed by atoms with Crippen LogP contribution in [0.2, 0.25) is 0 Å². The van der Waals surface area contributed by atoms with Gasteiger partial charge in [-0.25, -0.2) is 0 Å². The van der Waals surface area contributed by atoms with Crippen LogP contribution in [0.1, 0.15) is 24.0 Å². The van der Waals surface area contributed by atoms with Gasteiger partial charge < -0.3 is 14.8 Å². The molecule has 126 valence electrons. The van der Waals surface area contributed by atoms with E-state index in [0.29, 0.717) is 6.54 Å². The summed E-state index contributed by atoms with van der Waals surface area (Å²) in [7, 11) is 3.30. The van der Waals surface area contributed by atoms with Crippen molar-refractivity contribution in [2.24, 2.45) is 0 Å². The first-order valence-corrected chi connectivity index (χ1v) is 8.24. The maximum absolute atomic E-state index is 12.6. The van der Waals surface area contributed by atoms with Crippen LogP contribution in [-0.4, -0.2) is 26.7 Å². The summed E-state index contributed by atoms with van der Waals surface area (Å²) in [5.41, 5.74) is 1.92. The van der Waals surface area contributed by atoms with E-state index in [0.717, 1.165) is 36.3 Å². The lowest BCUT2D eigenvalue weighted by atomic mass is 9.95. The van der Waals surface area contributed by atoms with Gasteiger partial charge in [0, 0.05) is 6.54 Å². The Labute approximate surface area is 142 Å². The van der Waals surface area contributed by atoms with Crippen molar-refractivity contribution in [3.05, 3.63) is 59.7 Å². The maximum atomic E-state index is 12.6. The Balaban J connectivity index is 1.55. The van der Waals surface area contributed by atoms with E-state index in [9.17, 15) is 4.79 Å². The molecule has 1 aliphatic carbocycles. The van der Waals surface area contributed by atoms with Crippen molar-refractivity contribution >= 4 is 5.91 Å². The summed E-state index contributed by atoms with van der Waals surface area (Å²) >= 11 is 0. The van der Waals surface area contributed by atoms with Gasteiger partial charge in [0.2, 0.25) is 5.91 Å². The van der Waals surface area contributed by atoms with Gasteiger partial charge in [-0.1, -0.05) is 24.3 Å². The molecule has 1 saturated carbocycles. The first kappa shape index (κ1) is 16.4. The molecular weight excluding hydrogens is 302 g/mol. The fourth-order valence-electron chi connectivity index (χ4n) is 2.96. The quantitative estimate of drug-likeness (QED) is 0.851. The Bertz CT molecular complexity index is 688. The maximum Gasteiger partial charge on any atom is 0.230 e. The van der Waals surface area contributed by atoms with E-state index in [-0.39, 0.29) is 11.3 Å². The highest BCUT2D eigenvalue weighted by molar-refractivity contribution is 5.91. The van der Waals surface area contributed by atoms with Gasteiger partial charge in [-0.15, -0.1) is 0 Å². The van der Waals surface area contributed by atoms with Gasteiger partial charge in [0.05, 0.1) is 19.6 Å². The molecule has 0 aromatic heterocycles. The van der Waals surface area contributed by atoms with Crippen molar-refractivity contribution < 1.29 is 14.3 Å². The summed E-state index contributed by atoms with van der Waals surface area (Å²) in [4.78, 5) is 12.6. The summed E-state index contributed by atoms with van der Waals surface area (Å²) in [5.74, 6) is 1.79. The predicted octanol–water partition coefficient (Wildman–Crippen LogP) is 3.09.